The van der Waals surface area contributed by atoms with Crippen molar-refractivity contribution >= 4 is 0 Å². The molecule has 3 aromatic rings. The summed E-state index contributed by atoms with van der Waals surface area (Å²) >= 11 is 0. The molecule has 0 spiro atoms. The Labute approximate surface area is 280 Å². The van der Waals surface area contributed by atoms with E-state index in [4.69, 9.17) is 0 Å². The molecule has 3 rings (SSSR count). The third-order valence-electron chi connectivity index (χ3n) is 10.1. The van der Waals surface area contributed by atoms with Gasteiger partial charge in [0.05, 0.1) is 0 Å². The molecule has 3 aromatic carbocycles. The largest absolute Gasteiger partial charge is 0.508 e. The van der Waals surface area contributed by atoms with Crippen LogP contribution in [-0.4, -0.2) is 20.4 Å². The Balaban J connectivity index is 0.000000353. The van der Waals surface area contributed by atoms with Crippen LogP contribution in [0.1, 0.15) is 166 Å². The van der Waals surface area contributed by atoms with Crippen LogP contribution < -0.4 is 0 Å². The van der Waals surface area contributed by atoms with Crippen molar-refractivity contribution in [2.24, 2.45) is 0 Å². The Kier molecular flexibility index (Phi) is 12.2. The van der Waals surface area contributed by atoms with Gasteiger partial charge in [0, 0.05) is 17.0 Å². The second-order valence-electron chi connectivity index (χ2n) is 16.7. The summed E-state index contributed by atoms with van der Waals surface area (Å²) in [4.78, 5) is 0. The van der Waals surface area contributed by atoms with E-state index in [-0.39, 0.29) is 39.1 Å². The van der Waals surface area contributed by atoms with Crippen molar-refractivity contribution in [3.8, 4) is 23.0 Å². The lowest BCUT2D eigenvalue weighted by Gasteiger charge is -2.29. The number of aryl methyl sites for hydroxylation is 2. The monoisotopic (exact) mass is 632 g/mol. The normalized spacial score (nSPS) is 12.7. The molecule has 0 fully saturated rings. The Morgan fingerprint density at radius 3 is 1.04 bits per heavy atom. The van der Waals surface area contributed by atoms with Crippen molar-refractivity contribution in [3.05, 3.63) is 80.9 Å². The van der Waals surface area contributed by atoms with Gasteiger partial charge in [0.1, 0.15) is 23.0 Å². The molecular weight excluding hydrogens is 568 g/mol. The zero-order valence-electron chi connectivity index (χ0n) is 31.7. The maximum atomic E-state index is 10.5. The highest BCUT2D eigenvalue weighted by molar-refractivity contribution is 5.53. The fraction of sp³-hybridized carbons (Fsp3) is 0.571. The summed E-state index contributed by atoms with van der Waals surface area (Å²) in [6, 6.07) is 11.7. The molecule has 0 saturated carbocycles. The molecule has 0 radical (unpaired) electrons. The van der Waals surface area contributed by atoms with Crippen molar-refractivity contribution in [1.29, 1.82) is 0 Å². The average Bonchev–Trinajstić information content (AvgIpc) is 2.92. The first kappa shape index (κ1) is 39.0. The summed E-state index contributed by atoms with van der Waals surface area (Å²) < 4.78 is 0. The fourth-order valence-corrected chi connectivity index (χ4v) is 6.18. The van der Waals surface area contributed by atoms with Crippen LogP contribution in [0, 0.1) is 13.8 Å². The highest BCUT2D eigenvalue weighted by Crippen LogP contribution is 2.44. The Morgan fingerprint density at radius 2 is 0.783 bits per heavy atom. The van der Waals surface area contributed by atoms with Gasteiger partial charge in [0.2, 0.25) is 0 Å². The average molecular weight is 633 g/mol. The fourth-order valence-electron chi connectivity index (χ4n) is 6.18. The summed E-state index contributed by atoms with van der Waals surface area (Å²) in [6.45, 7) is 31.7. The molecule has 0 aliphatic rings. The highest BCUT2D eigenvalue weighted by atomic mass is 16.3. The van der Waals surface area contributed by atoms with Crippen LogP contribution >= 0.6 is 0 Å². The molecule has 0 unspecified atom stereocenters. The van der Waals surface area contributed by atoms with Crippen molar-refractivity contribution in [2.75, 3.05) is 0 Å². The van der Waals surface area contributed by atoms with Crippen LogP contribution in [0.2, 0.25) is 0 Å². The van der Waals surface area contributed by atoms with Gasteiger partial charge >= 0.3 is 0 Å². The maximum absolute atomic E-state index is 10.5. The quantitative estimate of drug-likeness (QED) is 0.186. The summed E-state index contributed by atoms with van der Waals surface area (Å²) in [5.41, 5.74) is 7.90. The lowest BCUT2D eigenvalue weighted by molar-refractivity contribution is 0.400. The van der Waals surface area contributed by atoms with Crippen molar-refractivity contribution in [2.45, 2.75) is 157 Å². The summed E-state index contributed by atoms with van der Waals surface area (Å²) in [5.74, 6) is 1.57. The summed E-state index contributed by atoms with van der Waals surface area (Å²) in [6.07, 6.45) is 3.93. The zero-order valence-corrected chi connectivity index (χ0v) is 31.7. The smallest absolute Gasteiger partial charge is 0.119 e. The molecular formula is C42H64O4. The van der Waals surface area contributed by atoms with Crippen LogP contribution in [0.5, 0.6) is 23.0 Å². The molecule has 0 aliphatic carbocycles. The van der Waals surface area contributed by atoms with Gasteiger partial charge < -0.3 is 20.4 Å². The van der Waals surface area contributed by atoms with Gasteiger partial charge in [-0.15, -0.1) is 0 Å². The third kappa shape index (κ3) is 8.81. The standard InChI is InChI=1S/C26H38O2.C16H26O2/c1-10-11-18(19-14-21(25(4,5)6)23(27)12-16(19)2)20-15-22(26(7,8)9)24(28)13-17(20)3;1-7-15(3,4)11-9-14(18)12(10-13(11)17)16(5,6)8-2/h12-15,18,27-28H,10-11H2,1-9H3;9-10,17-18H,7-8H2,1-6H3. The van der Waals surface area contributed by atoms with Gasteiger partial charge in [0.25, 0.3) is 0 Å². The number of aromatic hydroxyl groups is 4. The molecule has 0 aromatic heterocycles. The zero-order chi connectivity index (χ0) is 35.6. The van der Waals surface area contributed by atoms with Crippen LogP contribution in [0.25, 0.3) is 0 Å². The minimum atomic E-state index is -0.129. The van der Waals surface area contributed by atoms with Gasteiger partial charge in [-0.05, 0) is 112 Å². The second-order valence-corrected chi connectivity index (χ2v) is 16.7. The Hall–Kier alpha value is -3.14. The van der Waals surface area contributed by atoms with Gasteiger partial charge in [0.15, 0.2) is 0 Å². The first-order chi connectivity index (χ1) is 20.9. The maximum Gasteiger partial charge on any atom is 0.119 e. The van der Waals surface area contributed by atoms with E-state index in [0.29, 0.717) is 11.5 Å². The van der Waals surface area contributed by atoms with E-state index in [1.807, 2.05) is 12.1 Å². The summed E-state index contributed by atoms with van der Waals surface area (Å²) in [5, 5.41) is 41.5. The number of phenolic OH excluding ortho intramolecular Hbond substituents is 4. The van der Waals surface area contributed by atoms with Crippen molar-refractivity contribution in [1.82, 2.24) is 0 Å². The van der Waals surface area contributed by atoms with E-state index in [0.717, 1.165) is 59.1 Å². The molecule has 4 N–H and O–H groups in total. The first-order valence-electron chi connectivity index (χ1n) is 17.2. The number of hydrogen-bond donors (Lipinski definition) is 4. The second kappa shape index (κ2) is 14.3. The van der Waals surface area contributed by atoms with E-state index < -0.39 is 0 Å². The van der Waals surface area contributed by atoms with Gasteiger partial charge in [-0.3, -0.25) is 0 Å². The van der Waals surface area contributed by atoms with Crippen LogP contribution in [0.15, 0.2) is 36.4 Å². The number of phenols is 4. The molecule has 0 bridgehead atoms. The van der Waals surface area contributed by atoms with E-state index in [2.05, 4.69) is 116 Å². The highest BCUT2D eigenvalue weighted by Gasteiger charge is 2.29. The lowest BCUT2D eigenvalue weighted by Crippen LogP contribution is -2.19. The molecule has 4 heteroatoms. The minimum absolute atomic E-state index is 0.121. The number of rotatable bonds is 8. The van der Waals surface area contributed by atoms with Gasteiger partial charge in [-0.2, -0.15) is 0 Å². The molecule has 46 heavy (non-hydrogen) atoms. The van der Waals surface area contributed by atoms with Gasteiger partial charge in [-0.25, -0.2) is 0 Å². The van der Waals surface area contributed by atoms with E-state index in [1.54, 1.807) is 12.1 Å². The molecule has 0 atom stereocenters. The minimum Gasteiger partial charge on any atom is -0.508 e. The van der Waals surface area contributed by atoms with Crippen molar-refractivity contribution < 1.29 is 20.4 Å². The van der Waals surface area contributed by atoms with Crippen molar-refractivity contribution in [3.63, 3.8) is 0 Å². The van der Waals surface area contributed by atoms with Crippen LogP contribution in [0.4, 0.5) is 0 Å². The Morgan fingerprint density at radius 1 is 0.478 bits per heavy atom. The lowest BCUT2D eigenvalue weighted by atomic mass is 9.76. The van der Waals surface area contributed by atoms with Crippen LogP contribution in [-0.2, 0) is 21.7 Å². The molecule has 0 amide bonds. The molecule has 256 valence electrons. The van der Waals surface area contributed by atoms with Crippen LogP contribution in [0.3, 0.4) is 0 Å². The molecule has 0 heterocycles. The molecule has 0 saturated heterocycles. The number of benzene rings is 3. The Bertz CT molecular complexity index is 1380. The summed E-state index contributed by atoms with van der Waals surface area (Å²) in [7, 11) is 0. The van der Waals surface area contributed by atoms with E-state index in [9.17, 15) is 20.4 Å². The molecule has 0 aliphatic heterocycles. The predicted octanol–water partition coefficient (Wildman–Crippen LogP) is 11.7. The van der Waals surface area contributed by atoms with E-state index in [1.165, 1.54) is 11.1 Å². The first-order valence-corrected chi connectivity index (χ1v) is 17.2. The SMILES string of the molecule is CCC(C)(C)c1cc(O)c(C(C)(C)CC)cc1O.CCCC(c1cc(C(C)(C)C)c(O)cc1C)c1cc(C(C)(C)C)c(O)cc1C. The topological polar surface area (TPSA) is 80.9 Å². The van der Waals surface area contributed by atoms with E-state index >= 15 is 0 Å². The molecule has 4 nitrogen and oxygen atoms in total. The van der Waals surface area contributed by atoms with Gasteiger partial charge in [-0.1, -0.05) is 109 Å². The number of hydrogen-bond acceptors (Lipinski definition) is 4. The third-order valence-corrected chi connectivity index (χ3v) is 10.1. The predicted molar refractivity (Wildman–Crippen MR) is 196 cm³/mol.